The lowest BCUT2D eigenvalue weighted by molar-refractivity contribution is -0.133. The van der Waals surface area contributed by atoms with E-state index in [1.807, 2.05) is 49.6 Å². The van der Waals surface area contributed by atoms with Crippen LogP contribution in [0.2, 0.25) is 10.0 Å². The molecule has 0 atom stereocenters. The molecule has 0 fully saturated rings. The summed E-state index contributed by atoms with van der Waals surface area (Å²) in [6, 6.07) is 16.4. The van der Waals surface area contributed by atoms with Gasteiger partial charge in [0.25, 0.3) is 0 Å². The Morgan fingerprint density at radius 1 is 1.00 bits per heavy atom. The molecule has 0 radical (unpaired) electrons. The van der Waals surface area contributed by atoms with Crippen molar-refractivity contribution in [1.29, 1.82) is 0 Å². The lowest BCUT2D eigenvalue weighted by atomic mass is 10.2. The smallest absolute Gasteiger partial charge is 0.322 e. The van der Waals surface area contributed by atoms with Gasteiger partial charge in [-0.15, -0.1) is 11.3 Å². The van der Waals surface area contributed by atoms with Gasteiger partial charge in [0.2, 0.25) is 5.91 Å². The molecule has 1 aromatic heterocycles. The minimum atomic E-state index is -0.384. The monoisotopic (exact) mass is 547 g/mol. The molecule has 3 rings (SSSR count). The molecule has 0 saturated heterocycles. The highest BCUT2D eigenvalue weighted by atomic mass is 35.5. The Labute approximate surface area is 226 Å². The average Bonchev–Trinajstić information content (AvgIpc) is 3.27. The normalized spacial score (nSPS) is 10.8. The lowest BCUT2D eigenvalue weighted by Gasteiger charge is -2.28. The molecule has 192 valence electrons. The van der Waals surface area contributed by atoms with Gasteiger partial charge in [-0.05, 0) is 61.0 Å². The van der Waals surface area contributed by atoms with Gasteiger partial charge in [-0.3, -0.25) is 4.79 Å². The predicted molar refractivity (Wildman–Crippen MR) is 148 cm³/mol. The quantitative estimate of drug-likeness (QED) is 0.252. The molecule has 0 aliphatic carbocycles. The summed E-state index contributed by atoms with van der Waals surface area (Å²) in [4.78, 5) is 31.2. The highest BCUT2D eigenvalue weighted by molar-refractivity contribution is 7.10. The number of anilines is 1. The molecule has 36 heavy (non-hydrogen) atoms. The van der Waals surface area contributed by atoms with Gasteiger partial charge in [0.15, 0.2) is 0 Å². The summed E-state index contributed by atoms with van der Waals surface area (Å²) >= 11 is 13.7. The number of nitrogens with one attached hydrogen (secondary N) is 1. The molecule has 0 aliphatic heterocycles. The number of thiophene rings is 1. The zero-order chi connectivity index (χ0) is 25.9. The van der Waals surface area contributed by atoms with Crippen LogP contribution in [-0.4, -0.2) is 48.0 Å². The average molecular weight is 549 g/mol. The number of amides is 3. The van der Waals surface area contributed by atoms with Crippen molar-refractivity contribution in [2.45, 2.75) is 33.4 Å². The molecule has 0 aliphatic rings. The third-order valence-corrected chi connectivity index (χ3v) is 7.32. The number of urea groups is 1. The zero-order valence-corrected chi connectivity index (χ0v) is 22.8. The first-order valence-electron chi connectivity index (χ1n) is 11.8. The first-order chi connectivity index (χ1) is 17.4. The van der Waals surface area contributed by atoms with Crippen molar-refractivity contribution < 1.29 is 14.3 Å². The molecule has 3 amide bonds. The summed E-state index contributed by atoms with van der Waals surface area (Å²) in [6.07, 6.45) is 0.610. The Balaban J connectivity index is 1.76. The zero-order valence-electron chi connectivity index (χ0n) is 20.5. The van der Waals surface area contributed by atoms with Crippen LogP contribution in [0.1, 0.15) is 29.3 Å². The molecular formula is C27H31Cl2N3O3S. The predicted octanol–water partition coefficient (Wildman–Crippen LogP) is 6.85. The van der Waals surface area contributed by atoms with Crippen molar-refractivity contribution in [2.75, 3.05) is 31.6 Å². The van der Waals surface area contributed by atoms with Gasteiger partial charge < -0.3 is 19.9 Å². The van der Waals surface area contributed by atoms with E-state index in [1.54, 1.807) is 34.4 Å². The van der Waals surface area contributed by atoms with Crippen LogP contribution in [0.15, 0.2) is 60.0 Å². The van der Waals surface area contributed by atoms with E-state index in [9.17, 15) is 9.59 Å². The van der Waals surface area contributed by atoms with E-state index in [2.05, 4.69) is 11.4 Å². The maximum atomic E-state index is 13.6. The number of halogens is 2. The number of nitrogens with zero attached hydrogens (tertiary/aromatic N) is 2. The third kappa shape index (κ3) is 8.52. The number of benzene rings is 2. The number of carbonyl (C=O) groups excluding carboxylic acids is 2. The summed E-state index contributed by atoms with van der Waals surface area (Å²) in [6.45, 7) is 6.32. The fraction of sp³-hybridized carbons (Fsp3) is 0.333. The second-order valence-electron chi connectivity index (χ2n) is 8.29. The maximum Gasteiger partial charge on any atom is 0.322 e. The Hall–Kier alpha value is -2.58. The van der Waals surface area contributed by atoms with Gasteiger partial charge in [0, 0.05) is 36.9 Å². The number of ether oxygens (including phenoxy) is 1. The Kier molecular flexibility index (Phi) is 11.1. The number of aryl methyl sites for hydroxylation is 1. The molecule has 0 bridgehead atoms. The molecule has 3 aromatic rings. The minimum absolute atomic E-state index is 0.0590. The van der Waals surface area contributed by atoms with Crippen LogP contribution in [0.25, 0.3) is 0 Å². The van der Waals surface area contributed by atoms with Crippen LogP contribution in [0.3, 0.4) is 0 Å². The summed E-state index contributed by atoms with van der Waals surface area (Å²) in [5, 5.41) is 5.61. The molecule has 0 saturated carbocycles. The van der Waals surface area contributed by atoms with E-state index in [-0.39, 0.29) is 18.5 Å². The van der Waals surface area contributed by atoms with Crippen LogP contribution >= 0.6 is 34.5 Å². The van der Waals surface area contributed by atoms with E-state index < -0.39 is 0 Å². The second kappa shape index (κ2) is 14.2. The van der Waals surface area contributed by atoms with Crippen LogP contribution in [0.4, 0.5) is 10.5 Å². The van der Waals surface area contributed by atoms with E-state index in [0.717, 1.165) is 16.0 Å². The van der Waals surface area contributed by atoms with E-state index >= 15 is 0 Å². The van der Waals surface area contributed by atoms with Crippen LogP contribution < -0.4 is 5.32 Å². The summed E-state index contributed by atoms with van der Waals surface area (Å²) in [5.41, 5.74) is 2.69. The molecule has 6 nitrogen and oxygen atoms in total. The van der Waals surface area contributed by atoms with Gasteiger partial charge in [-0.2, -0.15) is 0 Å². The minimum Gasteiger partial charge on any atom is -0.382 e. The van der Waals surface area contributed by atoms with Gasteiger partial charge in [0.1, 0.15) is 6.54 Å². The molecule has 0 spiro atoms. The highest BCUT2D eigenvalue weighted by Gasteiger charge is 2.23. The summed E-state index contributed by atoms with van der Waals surface area (Å²) in [7, 11) is 0. The molecule has 0 unspecified atom stereocenters. The first kappa shape index (κ1) is 28.0. The first-order valence-corrected chi connectivity index (χ1v) is 13.4. The van der Waals surface area contributed by atoms with Crippen molar-refractivity contribution in [3.63, 3.8) is 0 Å². The topological polar surface area (TPSA) is 61.9 Å². The molecule has 1 heterocycles. The highest BCUT2D eigenvalue weighted by Crippen LogP contribution is 2.25. The van der Waals surface area contributed by atoms with Crippen molar-refractivity contribution in [1.82, 2.24) is 9.80 Å². The van der Waals surface area contributed by atoms with Gasteiger partial charge >= 0.3 is 6.03 Å². The summed E-state index contributed by atoms with van der Waals surface area (Å²) in [5.74, 6) is -0.132. The van der Waals surface area contributed by atoms with Crippen LogP contribution in [-0.2, 0) is 22.6 Å². The van der Waals surface area contributed by atoms with Crippen LogP contribution in [0.5, 0.6) is 0 Å². The molecule has 2 aromatic carbocycles. The number of rotatable bonds is 12. The third-order valence-electron chi connectivity index (χ3n) is 5.58. The van der Waals surface area contributed by atoms with Crippen molar-refractivity contribution in [2.24, 2.45) is 0 Å². The number of hydrogen-bond acceptors (Lipinski definition) is 4. The molecule has 1 N–H and O–H groups in total. The summed E-state index contributed by atoms with van der Waals surface area (Å²) < 4.78 is 5.44. The standard InChI is InChI=1S/C27H31Cl2N3O3S/c1-3-35-14-7-13-31(27(34)30-22-10-11-23(28)24(29)16-22)19-26(33)32(17-21-8-5-4-6-9-21)18-25-20(2)12-15-36-25/h4-6,8-12,15-16H,3,7,13-14,17-19H2,1-2H3,(H,30,34). The fourth-order valence-corrected chi connectivity index (χ4v) is 4.79. The van der Waals surface area contributed by atoms with Gasteiger partial charge in [-0.25, -0.2) is 4.79 Å². The van der Waals surface area contributed by atoms with E-state index in [1.165, 1.54) is 4.90 Å². The van der Waals surface area contributed by atoms with Crippen molar-refractivity contribution in [3.8, 4) is 0 Å². The number of carbonyl (C=O) groups is 2. The Morgan fingerprint density at radius 2 is 1.78 bits per heavy atom. The second-order valence-corrected chi connectivity index (χ2v) is 10.1. The Morgan fingerprint density at radius 3 is 2.44 bits per heavy atom. The van der Waals surface area contributed by atoms with E-state index in [4.69, 9.17) is 27.9 Å². The molecular weight excluding hydrogens is 517 g/mol. The van der Waals surface area contributed by atoms with Crippen molar-refractivity contribution >= 4 is 52.2 Å². The number of hydrogen-bond donors (Lipinski definition) is 1. The largest absolute Gasteiger partial charge is 0.382 e. The molecule has 9 heteroatoms. The fourth-order valence-electron chi connectivity index (χ4n) is 3.57. The Bertz CT molecular complexity index is 1140. The van der Waals surface area contributed by atoms with Crippen LogP contribution in [0, 0.1) is 6.92 Å². The van der Waals surface area contributed by atoms with Crippen molar-refractivity contribution in [3.05, 3.63) is 86.0 Å². The van der Waals surface area contributed by atoms with Gasteiger partial charge in [-0.1, -0.05) is 53.5 Å². The SMILES string of the molecule is CCOCCCN(CC(=O)N(Cc1ccccc1)Cc1sccc1C)C(=O)Nc1ccc(Cl)c(Cl)c1. The van der Waals surface area contributed by atoms with Gasteiger partial charge in [0.05, 0.1) is 16.6 Å². The van der Waals surface area contributed by atoms with E-state index in [0.29, 0.717) is 55.0 Å². The maximum absolute atomic E-state index is 13.6. The lowest BCUT2D eigenvalue weighted by Crippen LogP contribution is -2.44.